The highest BCUT2D eigenvalue weighted by molar-refractivity contribution is 8.00. The quantitative estimate of drug-likeness (QED) is 0.534. The van der Waals surface area contributed by atoms with Crippen LogP contribution >= 0.6 is 11.8 Å². The van der Waals surface area contributed by atoms with Gasteiger partial charge in [-0.15, -0.1) is 11.8 Å². The van der Waals surface area contributed by atoms with Gasteiger partial charge in [-0.3, -0.25) is 4.79 Å². The summed E-state index contributed by atoms with van der Waals surface area (Å²) in [4.78, 5) is 12.4. The summed E-state index contributed by atoms with van der Waals surface area (Å²) in [6.07, 6.45) is 0. The summed E-state index contributed by atoms with van der Waals surface area (Å²) in [7, 11) is 1.70. The van der Waals surface area contributed by atoms with Gasteiger partial charge in [0.15, 0.2) is 0 Å². The minimum Gasteiger partial charge on any atom is -0.383 e. The van der Waals surface area contributed by atoms with Gasteiger partial charge in [-0.25, -0.2) is 0 Å². The first-order chi connectivity index (χ1) is 9.26. The summed E-state index contributed by atoms with van der Waals surface area (Å²) in [6.45, 7) is 5.02. The van der Waals surface area contributed by atoms with Crippen LogP contribution in [0.15, 0.2) is 29.2 Å². The molecule has 2 N–H and O–H groups in total. The average molecular weight is 282 g/mol. The van der Waals surface area contributed by atoms with Crippen LogP contribution in [0.3, 0.4) is 0 Å². The fourth-order valence-electron chi connectivity index (χ4n) is 1.51. The molecule has 0 unspecified atom stereocenters. The first-order valence-electron chi connectivity index (χ1n) is 6.44. The molecule has 0 heterocycles. The summed E-state index contributed by atoms with van der Waals surface area (Å²) in [5, 5.41) is 6.08. The largest absolute Gasteiger partial charge is 0.383 e. The highest BCUT2D eigenvalue weighted by Crippen LogP contribution is 2.18. The second-order valence-corrected chi connectivity index (χ2v) is 5.10. The molecule has 0 bridgehead atoms. The van der Waals surface area contributed by atoms with Crippen LogP contribution in [0.1, 0.15) is 12.5 Å². The fourth-order valence-corrected chi connectivity index (χ4v) is 2.24. The molecule has 0 spiro atoms. The highest BCUT2D eigenvalue weighted by atomic mass is 32.2. The lowest BCUT2D eigenvalue weighted by Crippen LogP contribution is -2.24. The fraction of sp³-hybridized carbons (Fsp3) is 0.500. The monoisotopic (exact) mass is 282 g/mol. The molecule has 5 heteroatoms. The van der Waals surface area contributed by atoms with Gasteiger partial charge < -0.3 is 15.4 Å². The van der Waals surface area contributed by atoms with Crippen molar-refractivity contribution in [1.29, 1.82) is 0 Å². The van der Waals surface area contributed by atoms with E-state index in [0.29, 0.717) is 12.3 Å². The molecule has 1 aromatic rings. The van der Waals surface area contributed by atoms with Crippen LogP contribution < -0.4 is 10.6 Å². The predicted octanol–water partition coefficient (Wildman–Crippen LogP) is 1.65. The van der Waals surface area contributed by atoms with Crippen LogP contribution in [0.5, 0.6) is 0 Å². The average Bonchev–Trinajstić information content (AvgIpc) is 2.43. The van der Waals surface area contributed by atoms with Crippen LogP contribution in [0.4, 0.5) is 0 Å². The molecule has 0 aromatic heterocycles. The van der Waals surface area contributed by atoms with Crippen LogP contribution in [-0.2, 0) is 16.1 Å². The SMILES string of the molecule is CCNC(=O)CSc1ccc(CNCCOC)cc1. The zero-order valence-corrected chi connectivity index (χ0v) is 12.4. The number of amides is 1. The summed E-state index contributed by atoms with van der Waals surface area (Å²) in [5.41, 5.74) is 1.23. The topological polar surface area (TPSA) is 50.4 Å². The normalized spacial score (nSPS) is 10.4. The molecule has 0 saturated carbocycles. The number of thioether (sulfide) groups is 1. The molecule has 0 atom stereocenters. The van der Waals surface area contributed by atoms with Crippen molar-refractivity contribution in [3.63, 3.8) is 0 Å². The molecule has 1 aromatic carbocycles. The van der Waals surface area contributed by atoms with E-state index in [0.717, 1.165) is 24.6 Å². The van der Waals surface area contributed by atoms with Crippen LogP contribution in [0.25, 0.3) is 0 Å². The van der Waals surface area contributed by atoms with E-state index in [-0.39, 0.29) is 5.91 Å². The lowest BCUT2D eigenvalue weighted by molar-refractivity contribution is -0.118. The molecule has 4 nitrogen and oxygen atoms in total. The standard InChI is InChI=1S/C14H22N2O2S/c1-3-16-14(17)11-19-13-6-4-12(5-7-13)10-15-8-9-18-2/h4-7,15H,3,8-11H2,1-2H3,(H,16,17). The Morgan fingerprint density at radius 3 is 2.68 bits per heavy atom. The zero-order chi connectivity index (χ0) is 13.9. The summed E-state index contributed by atoms with van der Waals surface area (Å²) in [6, 6.07) is 8.27. The summed E-state index contributed by atoms with van der Waals surface area (Å²) < 4.78 is 4.97. The molecule has 106 valence electrons. The molecule has 0 fully saturated rings. The van der Waals surface area contributed by atoms with Gasteiger partial charge >= 0.3 is 0 Å². The van der Waals surface area contributed by atoms with E-state index in [4.69, 9.17) is 4.74 Å². The number of carbonyl (C=O) groups excluding carboxylic acids is 1. The molecule has 0 aliphatic carbocycles. The van der Waals surface area contributed by atoms with Gasteiger partial charge in [0.25, 0.3) is 0 Å². The Labute approximate surface area is 119 Å². The van der Waals surface area contributed by atoms with E-state index in [1.165, 1.54) is 5.56 Å². The van der Waals surface area contributed by atoms with Crippen LogP contribution in [0.2, 0.25) is 0 Å². The van der Waals surface area contributed by atoms with E-state index >= 15 is 0 Å². The van der Waals surface area contributed by atoms with Gasteiger partial charge in [-0.05, 0) is 24.6 Å². The Morgan fingerprint density at radius 2 is 2.05 bits per heavy atom. The number of ether oxygens (including phenoxy) is 1. The Morgan fingerprint density at radius 1 is 1.32 bits per heavy atom. The molecule has 19 heavy (non-hydrogen) atoms. The van der Waals surface area contributed by atoms with Gasteiger partial charge in [0.1, 0.15) is 0 Å². The second kappa shape index (κ2) is 9.83. The van der Waals surface area contributed by atoms with E-state index in [1.807, 2.05) is 6.92 Å². The summed E-state index contributed by atoms with van der Waals surface area (Å²) in [5.74, 6) is 0.553. The Bertz CT molecular complexity index is 368. The van der Waals surface area contributed by atoms with Crippen molar-refractivity contribution in [3.05, 3.63) is 29.8 Å². The number of hydrogen-bond donors (Lipinski definition) is 2. The Hall–Kier alpha value is -1.04. The maximum atomic E-state index is 11.3. The van der Waals surface area contributed by atoms with Gasteiger partial charge in [0.2, 0.25) is 5.91 Å². The van der Waals surface area contributed by atoms with Gasteiger partial charge in [-0.2, -0.15) is 0 Å². The van der Waals surface area contributed by atoms with E-state index in [2.05, 4.69) is 34.9 Å². The first kappa shape index (κ1) is 16.0. The third kappa shape index (κ3) is 7.20. The molecule has 0 radical (unpaired) electrons. The number of carbonyl (C=O) groups is 1. The minimum absolute atomic E-state index is 0.0813. The van der Waals surface area contributed by atoms with Gasteiger partial charge in [-0.1, -0.05) is 12.1 Å². The highest BCUT2D eigenvalue weighted by Gasteiger charge is 2.01. The van der Waals surface area contributed by atoms with Gasteiger partial charge in [0, 0.05) is 31.6 Å². The Kier molecular flexibility index (Phi) is 8.29. The number of nitrogens with one attached hydrogen (secondary N) is 2. The predicted molar refractivity (Wildman–Crippen MR) is 79.4 cm³/mol. The van der Waals surface area contributed by atoms with Crippen molar-refractivity contribution in [3.8, 4) is 0 Å². The smallest absolute Gasteiger partial charge is 0.230 e. The van der Waals surface area contributed by atoms with Crippen LogP contribution in [-0.4, -0.2) is 38.5 Å². The number of rotatable bonds is 9. The maximum Gasteiger partial charge on any atom is 0.230 e. The van der Waals surface area contributed by atoms with E-state index < -0.39 is 0 Å². The molecule has 1 amide bonds. The summed E-state index contributed by atoms with van der Waals surface area (Å²) >= 11 is 1.56. The third-order valence-corrected chi connectivity index (χ3v) is 3.49. The van der Waals surface area contributed by atoms with Crippen LogP contribution in [0, 0.1) is 0 Å². The van der Waals surface area contributed by atoms with Gasteiger partial charge in [0.05, 0.1) is 12.4 Å². The van der Waals surface area contributed by atoms with E-state index in [1.54, 1.807) is 18.9 Å². The van der Waals surface area contributed by atoms with Crippen molar-refractivity contribution in [2.24, 2.45) is 0 Å². The first-order valence-corrected chi connectivity index (χ1v) is 7.43. The third-order valence-electron chi connectivity index (χ3n) is 2.48. The molecule has 0 aliphatic rings. The Balaban J connectivity index is 2.29. The lowest BCUT2D eigenvalue weighted by atomic mass is 10.2. The number of hydrogen-bond acceptors (Lipinski definition) is 4. The molecule has 0 aliphatic heterocycles. The minimum atomic E-state index is 0.0813. The van der Waals surface area contributed by atoms with Crippen molar-refractivity contribution in [2.75, 3.05) is 32.6 Å². The number of benzene rings is 1. The van der Waals surface area contributed by atoms with E-state index in [9.17, 15) is 4.79 Å². The number of methoxy groups -OCH3 is 1. The maximum absolute atomic E-state index is 11.3. The lowest BCUT2D eigenvalue weighted by Gasteiger charge is -2.06. The molecule has 1 rings (SSSR count). The zero-order valence-electron chi connectivity index (χ0n) is 11.6. The van der Waals surface area contributed by atoms with Crippen molar-refractivity contribution in [1.82, 2.24) is 10.6 Å². The van der Waals surface area contributed by atoms with Crippen molar-refractivity contribution < 1.29 is 9.53 Å². The van der Waals surface area contributed by atoms with Crippen molar-refractivity contribution >= 4 is 17.7 Å². The molecular formula is C14H22N2O2S. The molecular weight excluding hydrogens is 260 g/mol. The second-order valence-electron chi connectivity index (χ2n) is 4.06. The molecule has 0 saturated heterocycles. The van der Waals surface area contributed by atoms with Crippen molar-refractivity contribution in [2.45, 2.75) is 18.4 Å².